The Kier molecular flexibility index (Phi) is 9.14. The summed E-state index contributed by atoms with van der Waals surface area (Å²) in [6, 6.07) is 0.432. The van der Waals surface area contributed by atoms with Gasteiger partial charge in [0, 0.05) is 49.6 Å². The molecule has 0 unspecified atom stereocenters. The highest BCUT2D eigenvalue weighted by molar-refractivity contribution is 5.91. The van der Waals surface area contributed by atoms with Gasteiger partial charge in [-0.05, 0) is 39.0 Å². The maximum Gasteiger partial charge on any atom is 0.315 e. The van der Waals surface area contributed by atoms with Crippen molar-refractivity contribution < 1.29 is 9.53 Å². The van der Waals surface area contributed by atoms with Crippen LogP contribution in [0.2, 0.25) is 0 Å². The molecule has 3 rings (SSSR count). The molecule has 0 aliphatic carbocycles. The Morgan fingerprint density at radius 3 is 2.53 bits per heavy atom. The number of hydrogen-bond donors (Lipinski definition) is 3. The standard InChI is InChI=1S/C24H40N6O2/c1-5-9-17(10-6-2)27-22-19(15-25-24(31)28-18-11-13-32-14-12-18)21(7-3)29-23-20(22)16-26-30(23)8-4/h16-18H,5-15H2,1-4H3,(H,27,29)(H2,25,28,31). The summed E-state index contributed by atoms with van der Waals surface area (Å²) in [5.41, 5.74) is 4.06. The molecule has 1 saturated heterocycles. The molecule has 1 aliphatic rings. The summed E-state index contributed by atoms with van der Waals surface area (Å²) in [5, 5.41) is 15.6. The number of amides is 2. The first-order valence-electron chi connectivity index (χ1n) is 12.4. The molecular weight excluding hydrogens is 404 g/mol. The van der Waals surface area contributed by atoms with Gasteiger partial charge in [-0.15, -0.1) is 0 Å². The molecule has 0 atom stereocenters. The third-order valence-corrected chi connectivity index (χ3v) is 6.21. The zero-order chi connectivity index (χ0) is 22.9. The highest BCUT2D eigenvalue weighted by atomic mass is 16.5. The third kappa shape index (κ3) is 5.91. The molecule has 0 spiro atoms. The molecule has 2 aromatic heterocycles. The van der Waals surface area contributed by atoms with Crippen LogP contribution in [0.1, 0.15) is 77.5 Å². The molecule has 0 radical (unpaired) electrons. The van der Waals surface area contributed by atoms with E-state index in [0.29, 0.717) is 25.8 Å². The molecular formula is C24H40N6O2. The minimum absolute atomic E-state index is 0.132. The number of pyridine rings is 1. The molecule has 178 valence electrons. The zero-order valence-corrected chi connectivity index (χ0v) is 20.2. The van der Waals surface area contributed by atoms with Crippen LogP contribution in [0.25, 0.3) is 11.0 Å². The van der Waals surface area contributed by atoms with Crippen LogP contribution < -0.4 is 16.0 Å². The molecule has 0 aromatic carbocycles. The lowest BCUT2D eigenvalue weighted by Gasteiger charge is -2.25. The molecule has 2 amide bonds. The van der Waals surface area contributed by atoms with E-state index in [1.807, 2.05) is 10.9 Å². The summed E-state index contributed by atoms with van der Waals surface area (Å²) in [5.74, 6) is 0. The monoisotopic (exact) mass is 444 g/mol. The number of anilines is 1. The van der Waals surface area contributed by atoms with Crippen LogP contribution in [0.5, 0.6) is 0 Å². The van der Waals surface area contributed by atoms with Gasteiger partial charge in [0.25, 0.3) is 0 Å². The predicted octanol–water partition coefficient (Wildman–Crippen LogP) is 4.37. The van der Waals surface area contributed by atoms with Crippen molar-refractivity contribution in [3.05, 3.63) is 17.5 Å². The number of nitrogens with zero attached hydrogens (tertiary/aromatic N) is 3. The van der Waals surface area contributed by atoms with Gasteiger partial charge < -0.3 is 20.7 Å². The first-order valence-corrected chi connectivity index (χ1v) is 12.4. The van der Waals surface area contributed by atoms with Gasteiger partial charge in [-0.1, -0.05) is 33.6 Å². The van der Waals surface area contributed by atoms with Gasteiger partial charge in [0.05, 0.1) is 17.3 Å². The molecule has 8 heteroatoms. The number of rotatable bonds is 11. The fourth-order valence-electron chi connectivity index (χ4n) is 4.49. The summed E-state index contributed by atoms with van der Waals surface area (Å²) in [4.78, 5) is 17.6. The summed E-state index contributed by atoms with van der Waals surface area (Å²) in [6.45, 7) is 11.3. The summed E-state index contributed by atoms with van der Waals surface area (Å²) < 4.78 is 7.34. The molecule has 32 heavy (non-hydrogen) atoms. The molecule has 8 nitrogen and oxygen atoms in total. The predicted molar refractivity (Wildman–Crippen MR) is 129 cm³/mol. The molecule has 2 aromatic rings. The van der Waals surface area contributed by atoms with Crippen molar-refractivity contribution in [2.75, 3.05) is 18.5 Å². The topological polar surface area (TPSA) is 93.1 Å². The average molecular weight is 445 g/mol. The number of carbonyl (C=O) groups is 1. The van der Waals surface area contributed by atoms with E-state index in [9.17, 15) is 4.79 Å². The summed E-state index contributed by atoms with van der Waals surface area (Å²) in [6.07, 6.45) is 8.90. The number of nitrogens with one attached hydrogen (secondary N) is 3. The second-order valence-corrected chi connectivity index (χ2v) is 8.60. The van der Waals surface area contributed by atoms with Crippen LogP contribution in [0, 0.1) is 0 Å². The molecule has 0 saturated carbocycles. The number of ether oxygens (including phenoxy) is 1. The molecule has 1 fully saturated rings. The van der Waals surface area contributed by atoms with E-state index in [-0.39, 0.29) is 12.1 Å². The van der Waals surface area contributed by atoms with E-state index >= 15 is 0 Å². The fourth-order valence-corrected chi connectivity index (χ4v) is 4.49. The van der Waals surface area contributed by atoms with Crippen molar-refractivity contribution in [2.45, 2.75) is 97.8 Å². The van der Waals surface area contributed by atoms with Crippen molar-refractivity contribution in [2.24, 2.45) is 0 Å². The van der Waals surface area contributed by atoms with Gasteiger partial charge in [0.1, 0.15) is 0 Å². The molecule has 3 N–H and O–H groups in total. The quantitative estimate of drug-likeness (QED) is 0.478. The maximum atomic E-state index is 12.6. The van der Waals surface area contributed by atoms with Gasteiger partial charge >= 0.3 is 6.03 Å². The Balaban J connectivity index is 1.88. The van der Waals surface area contributed by atoms with E-state index in [0.717, 1.165) is 79.5 Å². The lowest BCUT2D eigenvalue weighted by Crippen LogP contribution is -2.44. The largest absolute Gasteiger partial charge is 0.381 e. The van der Waals surface area contributed by atoms with Crippen LogP contribution >= 0.6 is 0 Å². The number of aryl methyl sites for hydroxylation is 2. The highest BCUT2D eigenvalue weighted by Gasteiger charge is 2.21. The maximum absolute atomic E-state index is 12.6. The number of urea groups is 1. The van der Waals surface area contributed by atoms with Gasteiger partial charge in [-0.25, -0.2) is 14.5 Å². The van der Waals surface area contributed by atoms with Crippen LogP contribution in [0.4, 0.5) is 10.5 Å². The number of fused-ring (bicyclic) bond motifs is 1. The van der Waals surface area contributed by atoms with Crippen LogP contribution in [0.15, 0.2) is 6.20 Å². The average Bonchev–Trinajstić information content (AvgIpc) is 3.22. The van der Waals surface area contributed by atoms with Gasteiger partial charge in [0.2, 0.25) is 0 Å². The minimum atomic E-state index is -0.132. The van der Waals surface area contributed by atoms with Crippen molar-refractivity contribution >= 4 is 22.8 Å². The van der Waals surface area contributed by atoms with Crippen molar-refractivity contribution in [1.29, 1.82) is 0 Å². The number of hydrogen-bond acceptors (Lipinski definition) is 5. The Bertz CT molecular complexity index is 869. The fraction of sp³-hybridized carbons (Fsp3) is 0.708. The van der Waals surface area contributed by atoms with Gasteiger partial charge in [-0.3, -0.25) is 0 Å². The Morgan fingerprint density at radius 2 is 1.91 bits per heavy atom. The molecule has 3 heterocycles. The second-order valence-electron chi connectivity index (χ2n) is 8.60. The lowest BCUT2D eigenvalue weighted by atomic mass is 10.0. The minimum Gasteiger partial charge on any atom is -0.381 e. The third-order valence-electron chi connectivity index (χ3n) is 6.21. The second kappa shape index (κ2) is 12.0. The molecule has 0 bridgehead atoms. The van der Waals surface area contributed by atoms with E-state index in [2.05, 4.69) is 48.7 Å². The zero-order valence-electron chi connectivity index (χ0n) is 20.2. The highest BCUT2D eigenvalue weighted by Crippen LogP contribution is 2.31. The van der Waals surface area contributed by atoms with Crippen molar-refractivity contribution in [3.8, 4) is 0 Å². The normalized spacial score (nSPS) is 14.8. The van der Waals surface area contributed by atoms with E-state index in [1.54, 1.807) is 0 Å². The Morgan fingerprint density at radius 1 is 1.19 bits per heavy atom. The Hall–Kier alpha value is -2.35. The number of carbonyl (C=O) groups excluding carboxylic acids is 1. The summed E-state index contributed by atoms with van der Waals surface area (Å²) >= 11 is 0. The first-order chi connectivity index (χ1) is 15.6. The number of aromatic nitrogens is 3. The van der Waals surface area contributed by atoms with Gasteiger partial charge in [0.15, 0.2) is 5.65 Å². The van der Waals surface area contributed by atoms with Crippen molar-refractivity contribution in [3.63, 3.8) is 0 Å². The van der Waals surface area contributed by atoms with Crippen LogP contribution in [0.3, 0.4) is 0 Å². The van der Waals surface area contributed by atoms with Gasteiger partial charge in [-0.2, -0.15) is 5.10 Å². The van der Waals surface area contributed by atoms with E-state index < -0.39 is 0 Å². The smallest absolute Gasteiger partial charge is 0.315 e. The van der Waals surface area contributed by atoms with E-state index in [4.69, 9.17) is 9.72 Å². The Labute approximate surface area is 191 Å². The SMILES string of the molecule is CCCC(CCC)Nc1c(CNC(=O)NC2CCOCC2)c(CC)nc2c1cnn2CC. The summed E-state index contributed by atoms with van der Waals surface area (Å²) in [7, 11) is 0. The van der Waals surface area contributed by atoms with Crippen molar-refractivity contribution in [1.82, 2.24) is 25.4 Å². The van der Waals surface area contributed by atoms with E-state index in [1.165, 1.54) is 0 Å². The van der Waals surface area contributed by atoms with Crippen LogP contribution in [-0.4, -0.2) is 46.1 Å². The first kappa shape index (κ1) is 24.3. The van der Waals surface area contributed by atoms with Crippen LogP contribution in [-0.2, 0) is 24.2 Å². The lowest BCUT2D eigenvalue weighted by molar-refractivity contribution is 0.0801. The molecule has 1 aliphatic heterocycles.